The SMILES string of the molecule is CC/C(C)=C(\C(C)(C)N1CCNCC1)C(C)(C)N1CCNC1. The van der Waals surface area contributed by atoms with Gasteiger partial charge in [-0.3, -0.25) is 9.80 Å². The third-order valence-electron chi connectivity index (χ3n) is 5.74. The normalized spacial score (nSPS) is 23.7. The molecule has 0 aromatic carbocycles. The van der Waals surface area contributed by atoms with Gasteiger partial charge in [0, 0.05) is 57.0 Å². The van der Waals surface area contributed by atoms with E-state index in [2.05, 4.69) is 62.0 Å². The molecule has 0 unspecified atom stereocenters. The predicted molar refractivity (Wildman–Crippen MR) is 95.2 cm³/mol. The summed E-state index contributed by atoms with van der Waals surface area (Å²) >= 11 is 0. The summed E-state index contributed by atoms with van der Waals surface area (Å²) in [4.78, 5) is 5.27. The van der Waals surface area contributed by atoms with Crippen LogP contribution in [0, 0.1) is 0 Å². The van der Waals surface area contributed by atoms with Crippen molar-refractivity contribution in [3.8, 4) is 0 Å². The molecule has 2 fully saturated rings. The molecule has 0 amide bonds. The monoisotopic (exact) mass is 308 g/mol. The maximum absolute atomic E-state index is 3.50. The summed E-state index contributed by atoms with van der Waals surface area (Å²) in [6, 6.07) is 0. The number of piperazine rings is 1. The van der Waals surface area contributed by atoms with Crippen LogP contribution in [0.3, 0.4) is 0 Å². The molecule has 0 aliphatic carbocycles. The van der Waals surface area contributed by atoms with E-state index >= 15 is 0 Å². The van der Waals surface area contributed by atoms with Gasteiger partial charge in [0.25, 0.3) is 0 Å². The highest BCUT2D eigenvalue weighted by atomic mass is 15.3. The van der Waals surface area contributed by atoms with Crippen LogP contribution in [0.4, 0.5) is 0 Å². The summed E-state index contributed by atoms with van der Waals surface area (Å²) in [5.41, 5.74) is 3.38. The Balaban J connectivity index is 2.37. The Hall–Kier alpha value is -0.420. The fraction of sp³-hybridized carbons (Fsp3) is 0.889. The maximum Gasteiger partial charge on any atom is 0.0489 e. The zero-order valence-electron chi connectivity index (χ0n) is 15.6. The van der Waals surface area contributed by atoms with Gasteiger partial charge < -0.3 is 10.6 Å². The van der Waals surface area contributed by atoms with Crippen LogP contribution in [0.15, 0.2) is 11.1 Å². The lowest BCUT2D eigenvalue weighted by Gasteiger charge is -2.51. The molecule has 128 valence electrons. The molecule has 0 saturated carbocycles. The van der Waals surface area contributed by atoms with E-state index in [4.69, 9.17) is 0 Å². The molecule has 22 heavy (non-hydrogen) atoms. The van der Waals surface area contributed by atoms with Gasteiger partial charge in [0.05, 0.1) is 0 Å². The minimum atomic E-state index is 0.0952. The number of allylic oxidation sites excluding steroid dienone is 1. The lowest BCUT2D eigenvalue weighted by atomic mass is 9.75. The number of hydrogen-bond acceptors (Lipinski definition) is 4. The Morgan fingerprint density at radius 2 is 1.36 bits per heavy atom. The van der Waals surface area contributed by atoms with Crippen LogP contribution >= 0.6 is 0 Å². The first-order chi connectivity index (χ1) is 10.3. The minimum absolute atomic E-state index is 0.0952. The molecule has 2 N–H and O–H groups in total. The van der Waals surface area contributed by atoms with Crippen molar-refractivity contribution >= 4 is 0 Å². The van der Waals surface area contributed by atoms with E-state index < -0.39 is 0 Å². The highest BCUT2D eigenvalue weighted by Gasteiger charge is 2.43. The zero-order chi connectivity index (χ0) is 16.4. The van der Waals surface area contributed by atoms with Crippen LogP contribution in [0.1, 0.15) is 48.0 Å². The first kappa shape index (κ1) is 17.9. The van der Waals surface area contributed by atoms with Gasteiger partial charge in [0.2, 0.25) is 0 Å². The minimum Gasteiger partial charge on any atom is -0.314 e. The molecule has 0 aromatic rings. The third kappa shape index (κ3) is 3.40. The van der Waals surface area contributed by atoms with Crippen molar-refractivity contribution in [1.82, 2.24) is 20.4 Å². The lowest BCUT2D eigenvalue weighted by Crippen LogP contribution is -2.60. The van der Waals surface area contributed by atoms with E-state index in [0.29, 0.717) is 0 Å². The molecule has 2 saturated heterocycles. The molecular weight excluding hydrogens is 272 g/mol. The molecule has 0 radical (unpaired) electrons. The van der Waals surface area contributed by atoms with Crippen LogP contribution < -0.4 is 10.6 Å². The van der Waals surface area contributed by atoms with Crippen LogP contribution in [0.5, 0.6) is 0 Å². The van der Waals surface area contributed by atoms with Gasteiger partial charge >= 0.3 is 0 Å². The van der Waals surface area contributed by atoms with Crippen LogP contribution in [0.25, 0.3) is 0 Å². The first-order valence-electron chi connectivity index (χ1n) is 8.94. The van der Waals surface area contributed by atoms with Crippen LogP contribution in [-0.2, 0) is 0 Å². The van der Waals surface area contributed by atoms with Crippen molar-refractivity contribution in [3.63, 3.8) is 0 Å². The summed E-state index contributed by atoms with van der Waals surface area (Å²) in [5, 5.41) is 6.99. The number of hydrogen-bond donors (Lipinski definition) is 2. The van der Waals surface area contributed by atoms with E-state index in [9.17, 15) is 0 Å². The van der Waals surface area contributed by atoms with Crippen molar-refractivity contribution in [3.05, 3.63) is 11.1 Å². The van der Waals surface area contributed by atoms with E-state index in [1.165, 1.54) is 0 Å². The van der Waals surface area contributed by atoms with Crippen molar-refractivity contribution < 1.29 is 0 Å². The summed E-state index contributed by atoms with van der Waals surface area (Å²) in [6.07, 6.45) is 1.13. The lowest BCUT2D eigenvalue weighted by molar-refractivity contribution is 0.0889. The summed E-state index contributed by atoms with van der Waals surface area (Å²) in [5.74, 6) is 0. The van der Waals surface area contributed by atoms with E-state index in [1.54, 1.807) is 11.1 Å². The van der Waals surface area contributed by atoms with E-state index in [-0.39, 0.29) is 11.1 Å². The van der Waals surface area contributed by atoms with Crippen molar-refractivity contribution in [2.24, 2.45) is 0 Å². The standard InChI is InChI=1S/C18H36N4/c1-7-15(2)16(18(5,6)22-13-10-20-14-22)17(3,4)21-11-8-19-9-12-21/h19-20H,7-14H2,1-6H3/b16-15+. The highest BCUT2D eigenvalue weighted by Crippen LogP contribution is 2.39. The smallest absolute Gasteiger partial charge is 0.0489 e. The fourth-order valence-corrected chi connectivity index (χ4v) is 4.49. The maximum atomic E-state index is 3.50. The van der Waals surface area contributed by atoms with Gasteiger partial charge in [-0.2, -0.15) is 0 Å². The summed E-state index contributed by atoms with van der Waals surface area (Å²) < 4.78 is 0. The van der Waals surface area contributed by atoms with E-state index in [0.717, 1.165) is 52.4 Å². The predicted octanol–water partition coefficient (Wildman–Crippen LogP) is 2.04. The molecule has 2 aliphatic rings. The number of rotatable bonds is 5. The molecule has 0 atom stereocenters. The van der Waals surface area contributed by atoms with E-state index in [1.807, 2.05) is 0 Å². The second kappa shape index (κ2) is 7.00. The van der Waals surface area contributed by atoms with Crippen LogP contribution in [0.2, 0.25) is 0 Å². The molecule has 0 aromatic heterocycles. The van der Waals surface area contributed by atoms with Gasteiger partial charge in [-0.25, -0.2) is 0 Å². The molecule has 4 nitrogen and oxygen atoms in total. The third-order valence-corrected chi connectivity index (χ3v) is 5.74. The highest BCUT2D eigenvalue weighted by molar-refractivity contribution is 5.34. The molecule has 0 spiro atoms. The van der Waals surface area contributed by atoms with Gasteiger partial charge in [-0.1, -0.05) is 12.5 Å². The Bertz CT molecular complexity index is 399. The molecular formula is C18H36N4. The molecule has 2 aliphatic heterocycles. The molecule has 0 bridgehead atoms. The van der Waals surface area contributed by atoms with Gasteiger partial charge in [-0.05, 0) is 46.6 Å². The van der Waals surface area contributed by atoms with Gasteiger partial charge in [0.1, 0.15) is 0 Å². The van der Waals surface area contributed by atoms with Crippen molar-refractivity contribution in [1.29, 1.82) is 0 Å². The molecule has 4 heteroatoms. The Kier molecular flexibility index (Phi) is 5.70. The Morgan fingerprint density at radius 1 is 0.864 bits per heavy atom. The molecule has 2 rings (SSSR count). The zero-order valence-corrected chi connectivity index (χ0v) is 15.6. The largest absolute Gasteiger partial charge is 0.314 e. The quantitative estimate of drug-likeness (QED) is 0.761. The summed E-state index contributed by atoms with van der Waals surface area (Å²) in [7, 11) is 0. The van der Waals surface area contributed by atoms with Crippen molar-refractivity contribution in [2.45, 2.75) is 59.0 Å². The molecule has 2 heterocycles. The van der Waals surface area contributed by atoms with Crippen LogP contribution in [-0.4, -0.2) is 66.8 Å². The van der Waals surface area contributed by atoms with Gasteiger partial charge in [0.15, 0.2) is 0 Å². The van der Waals surface area contributed by atoms with Gasteiger partial charge in [-0.15, -0.1) is 0 Å². The number of nitrogens with one attached hydrogen (secondary N) is 2. The second-order valence-electron chi connectivity index (χ2n) is 7.79. The Labute approximate surface area is 137 Å². The fourth-order valence-electron chi connectivity index (χ4n) is 4.49. The first-order valence-corrected chi connectivity index (χ1v) is 8.94. The topological polar surface area (TPSA) is 30.5 Å². The average molecular weight is 309 g/mol. The second-order valence-corrected chi connectivity index (χ2v) is 7.79. The number of nitrogens with zero attached hydrogens (tertiary/aromatic N) is 2. The Morgan fingerprint density at radius 3 is 1.86 bits per heavy atom. The van der Waals surface area contributed by atoms with Crippen molar-refractivity contribution in [2.75, 3.05) is 45.9 Å². The summed E-state index contributed by atoms with van der Waals surface area (Å²) in [6.45, 7) is 22.1. The average Bonchev–Trinajstić information content (AvgIpc) is 3.02.